The summed E-state index contributed by atoms with van der Waals surface area (Å²) in [5, 5.41) is 0. The molecule has 0 aromatic carbocycles. The Morgan fingerprint density at radius 1 is 1.33 bits per heavy atom. The Balaban J connectivity index is 2.09. The Morgan fingerprint density at radius 3 is 2.57 bits per heavy atom. The molecule has 0 N–H and O–H groups in total. The molecular formula is C13H16O7S. The van der Waals surface area contributed by atoms with E-state index in [0.717, 1.165) is 7.11 Å². The first-order valence-corrected chi connectivity index (χ1v) is 8.04. The molecule has 1 saturated heterocycles. The first-order valence-electron chi connectivity index (χ1n) is 6.63. The van der Waals surface area contributed by atoms with Gasteiger partial charge in [0.25, 0.3) is 10.1 Å². The molecule has 2 bridgehead atoms. The Kier molecular flexibility index (Phi) is 2.97. The molecule has 5 atom stereocenters. The molecule has 5 unspecified atom stereocenters. The van der Waals surface area contributed by atoms with Crippen LogP contribution in [0.2, 0.25) is 0 Å². The lowest BCUT2D eigenvalue weighted by Crippen LogP contribution is -2.58. The third-order valence-corrected chi connectivity index (χ3v) is 6.72. The number of carbonyl (C=O) groups is 2. The van der Waals surface area contributed by atoms with E-state index in [1.165, 1.54) is 6.92 Å². The van der Waals surface area contributed by atoms with Crippen LogP contribution >= 0.6 is 0 Å². The van der Waals surface area contributed by atoms with Gasteiger partial charge in [-0.3, -0.25) is 8.98 Å². The van der Waals surface area contributed by atoms with Crippen molar-refractivity contribution in [3.8, 4) is 0 Å². The summed E-state index contributed by atoms with van der Waals surface area (Å²) in [6.45, 7) is 4.93. The fourth-order valence-electron chi connectivity index (χ4n) is 3.90. The maximum absolute atomic E-state index is 12.4. The van der Waals surface area contributed by atoms with Crippen molar-refractivity contribution < 1.29 is 31.7 Å². The number of esters is 2. The van der Waals surface area contributed by atoms with Gasteiger partial charge in [-0.05, 0) is 19.8 Å². The Labute approximate surface area is 122 Å². The molecule has 3 rings (SSSR count). The molecule has 3 aliphatic rings. The van der Waals surface area contributed by atoms with E-state index in [4.69, 9.17) is 13.7 Å². The van der Waals surface area contributed by atoms with Crippen molar-refractivity contribution in [2.24, 2.45) is 11.8 Å². The van der Waals surface area contributed by atoms with Crippen LogP contribution in [-0.4, -0.2) is 44.4 Å². The van der Waals surface area contributed by atoms with E-state index >= 15 is 0 Å². The minimum Gasteiger partial charge on any atom is -0.468 e. The quantitative estimate of drug-likeness (QED) is 0.415. The topological polar surface area (TPSA) is 96.0 Å². The molecule has 0 amide bonds. The van der Waals surface area contributed by atoms with Crippen molar-refractivity contribution in [2.75, 3.05) is 7.11 Å². The minimum atomic E-state index is -4.21. The molecule has 0 aromatic rings. The van der Waals surface area contributed by atoms with Gasteiger partial charge < -0.3 is 9.47 Å². The van der Waals surface area contributed by atoms with Crippen molar-refractivity contribution in [3.63, 3.8) is 0 Å². The highest BCUT2D eigenvalue weighted by molar-refractivity contribution is 7.89. The van der Waals surface area contributed by atoms with Crippen LogP contribution in [0.4, 0.5) is 0 Å². The summed E-state index contributed by atoms with van der Waals surface area (Å²) >= 11 is 0. The summed E-state index contributed by atoms with van der Waals surface area (Å²) in [4.78, 5) is 24.1. The lowest BCUT2D eigenvalue weighted by Gasteiger charge is -2.33. The van der Waals surface area contributed by atoms with E-state index in [9.17, 15) is 18.0 Å². The number of hydrogen-bond acceptors (Lipinski definition) is 7. The van der Waals surface area contributed by atoms with Gasteiger partial charge >= 0.3 is 11.9 Å². The van der Waals surface area contributed by atoms with E-state index in [1.807, 2.05) is 0 Å². The zero-order chi connectivity index (χ0) is 15.6. The molecule has 2 aliphatic carbocycles. The van der Waals surface area contributed by atoms with Crippen LogP contribution < -0.4 is 0 Å². The van der Waals surface area contributed by atoms with Crippen LogP contribution in [0.15, 0.2) is 12.2 Å². The summed E-state index contributed by atoms with van der Waals surface area (Å²) in [6.07, 6.45) is -0.689. The zero-order valence-electron chi connectivity index (χ0n) is 11.7. The average Bonchev–Trinajstić information content (AvgIpc) is 2.97. The van der Waals surface area contributed by atoms with E-state index in [1.54, 1.807) is 0 Å². The van der Waals surface area contributed by atoms with E-state index < -0.39 is 44.9 Å². The van der Waals surface area contributed by atoms with Gasteiger partial charge in [0.2, 0.25) is 4.75 Å². The van der Waals surface area contributed by atoms with Gasteiger partial charge in [-0.25, -0.2) is 4.79 Å². The van der Waals surface area contributed by atoms with Crippen molar-refractivity contribution in [1.82, 2.24) is 0 Å². The SMILES string of the molecule is C=C(C)C(=O)OC1C2CC3OS(=O)(=O)C1(C(=O)OC)C3C2. The van der Waals surface area contributed by atoms with Crippen molar-refractivity contribution >= 4 is 22.1 Å². The van der Waals surface area contributed by atoms with Crippen molar-refractivity contribution in [1.29, 1.82) is 0 Å². The van der Waals surface area contributed by atoms with Gasteiger partial charge in [-0.15, -0.1) is 0 Å². The number of carbonyl (C=O) groups excluding carboxylic acids is 2. The number of ether oxygens (including phenoxy) is 2. The normalized spacial score (nSPS) is 41.8. The molecule has 1 aliphatic heterocycles. The number of rotatable bonds is 3. The maximum atomic E-state index is 12.4. The molecule has 7 nitrogen and oxygen atoms in total. The second kappa shape index (κ2) is 4.30. The number of methoxy groups -OCH3 is 1. The molecule has 0 spiro atoms. The standard InChI is InChI=1S/C13H16O7S/c1-6(2)11(14)19-10-7-4-8-9(5-7)20-21(16,17)13(8,10)12(15)18-3/h7-10H,1,4-5H2,2-3H3. The second-order valence-corrected chi connectivity index (χ2v) is 7.59. The molecule has 0 radical (unpaired) electrons. The highest BCUT2D eigenvalue weighted by Crippen LogP contribution is 2.62. The monoisotopic (exact) mass is 316 g/mol. The molecule has 1 heterocycles. The highest BCUT2D eigenvalue weighted by atomic mass is 32.2. The average molecular weight is 316 g/mol. The molecule has 0 aromatic heterocycles. The second-order valence-electron chi connectivity index (χ2n) is 5.82. The fourth-order valence-corrected chi connectivity index (χ4v) is 6.03. The fraction of sp³-hybridized carbons (Fsp3) is 0.692. The van der Waals surface area contributed by atoms with Crippen LogP contribution in [0.3, 0.4) is 0 Å². The van der Waals surface area contributed by atoms with E-state index in [2.05, 4.69) is 6.58 Å². The molecule has 8 heteroatoms. The predicted octanol–water partition coefficient (Wildman–Crippen LogP) is 0.154. The summed E-state index contributed by atoms with van der Waals surface area (Å²) in [6, 6.07) is 0. The van der Waals surface area contributed by atoms with Crippen LogP contribution in [0.5, 0.6) is 0 Å². The van der Waals surface area contributed by atoms with Gasteiger partial charge in [0, 0.05) is 17.4 Å². The van der Waals surface area contributed by atoms with Crippen LogP contribution in [0.1, 0.15) is 19.8 Å². The summed E-state index contributed by atoms with van der Waals surface area (Å²) in [5.41, 5.74) is 0.144. The first-order chi connectivity index (χ1) is 9.75. The van der Waals surface area contributed by atoms with E-state index in [-0.39, 0.29) is 11.5 Å². The third-order valence-electron chi connectivity index (χ3n) is 4.69. The van der Waals surface area contributed by atoms with Crippen LogP contribution in [-0.2, 0) is 33.4 Å². The summed E-state index contributed by atoms with van der Waals surface area (Å²) in [7, 11) is -3.09. The third kappa shape index (κ3) is 1.60. The highest BCUT2D eigenvalue weighted by Gasteiger charge is 2.80. The lowest BCUT2D eigenvalue weighted by molar-refractivity contribution is -0.158. The predicted molar refractivity (Wildman–Crippen MR) is 69.4 cm³/mol. The molecule has 21 heavy (non-hydrogen) atoms. The number of fused-ring (bicyclic) bond motifs is 1. The Bertz CT molecular complexity index is 637. The number of hydrogen-bond donors (Lipinski definition) is 0. The summed E-state index contributed by atoms with van der Waals surface area (Å²) < 4.78 is 38.0. The molecule has 3 fully saturated rings. The molecule has 2 saturated carbocycles. The maximum Gasteiger partial charge on any atom is 0.334 e. The lowest BCUT2D eigenvalue weighted by atomic mass is 9.83. The van der Waals surface area contributed by atoms with E-state index in [0.29, 0.717) is 12.8 Å². The van der Waals surface area contributed by atoms with Gasteiger partial charge in [0.05, 0.1) is 13.2 Å². The Morgan fingerprint density at radius 2 is 2.00 bits per heavy atom. The molecule has 116 valence electrons. The van der Waals surface area contributed by atoms with Crippen molar-refractivity contribution in [2.45, 2.75) is 36.7 Å². The van der Waals surface area contributed by atoms with Gasteiger partial charge in [0.1, 0.15) is 6.10 Å². The minimum absolute atomic E-state index is 0.144. The molecular weight excluding hydrogens is 300 g/mol. The Hall–Kier alpha value is -1.41. The smallest absolute Gasteiger partial charge is 0.334 e. The van der Waals surface area contributed by atoms with Crippen LogP contribution in [0.25, 0.3) is 0 Å². The van der Waals surface area contributed by atoms with Crippen molar-refractivity contribution in [3.05, 3.63) is 12.2 Å². The van der Waals surface area contributed by atoms with Crippen LogP contribution in [0, 0.1) is 11.8 Å². The zero-order valence-corrected chi connectivity index (χ0v) is 12.5. The van der Waals surface area contributed by atoms with Gasteiger partial charge in [0.15, 0.2) is 0 Å². The largest absolute Gasteiger partial charge is 0.468 e. The first kappa shape index (κ1) is 14.5. The van der Waals surface area contributed by atoms with Gasteiger partial charge in [-0.2, -0.15) is 8.42 Å². The van der Waals surface area contributed by atoms with Gasteiger partial charge in [-0.1, -0.05) is 6.58 Å². The summed E-state index contributed by atoms with van der Waals surface area (Å²) in [5.74, 6) is -2.38.